The Morgan fingerprint density at radius 3 is 0.965 bits per heavy atom. The van der Waals surface area contributed by atoms with E-state index in [2.05, 4.69) is 58.9 Å². The first kappa shape index (κ1) is 82.5. The Bertz CT molecular complexity index is 1740. The number of carbonyl (C=O) groups is 4. The van der Waals surface area contributed by atoms with Gasteiger partial charge in [0, 0.05) is 25.7 Å². The molecule has 0 saturated carbocycles. The highest BCUT2D eigenvalue weighted by atomic mass is 31.2. The van der Waals surface area contributed by atoms with Gasteiger partial charge in [0.2, 0.25) is 0 Å². The number of carbonyl (C=O) groups excluding carboxylic acids is 4. The van der Waals surface area contributed by atoms with Gasteiger partial charge < -0.3 is 33.8 Å². The van der Waals surface area contributed by atoms with Crippen molar-refractivity contribution in [1.29, 1.82) is 0 Å². The maximum atomic E-state index is 13.0. The van der Waals surface area contributed by atoms with E-state index in [1.165, 1.54) is 116 Å². The molecule has 2 unspecified atom stereocenters. The summed E-state index contributed by atoms with van der Waals surface area (Å²) in [6.07, 6.45) is 47.0. The van der Waals surface area contributed by atoms with Crippen LogP contribution >= 0.6 is 15.6 Å². The summed E-state index contributed by atoms with van der Waals surface area (Å²) in [6, 6.07) is 0. The summed E-state index contributed by atoms with van der Waals surface area (Å²) in [4.78, 5) is 72.0. The van der Waals surface area contributed by atoms with Crippen molar-refractivity contribution >= 4 is 39.5 Å². The molecule has 0 bridgehead atoms. The number of unbranched alkanes of at least 4 members (excludes halogenated alkanes) is 33. The van der Waals surface area contributed by atoms with Gasteiger partial charge in [-0.1, -0.05) is 258 Å². The third-order valence-corrected chi connectivity index (χ3v) is 16.6. The zero-order valence-corrected chi connectivity index (χ0v) is 56.0. The first-order valence-electron chi connectivity index (χ1n) is 34.0. The van der Waals surface area contributed by atoms with Gasteiger partial charge in [0.1, 0.15) is 19.3 Å². The van der Waals surface area contributed by atoms with Gasteiger partial charge in [-0.3, -0.25) is 37.3 Å². The third kappa shape index (κ3) is 60.2. The second kappa shape index (κ2) is 59.2. The quantitative estimate of drug-likeness (QED) is 0.0169. The van der Waals surface area contributed by atoms with Gasteiger partial charge in [-0.2, -0.15) is 0 Å². The van der Waals surface area contributed by atoms with Gasteiger partial charge in [-0.05, 0) is 57.3 Å². The van der Waals surface area contributed by atoms with E-state index in [1.807, 2.05) is 0 Å². The van der Waals surface area contributed by atoms with Crippen molar-refractivity contribution in [3.05, 3.63) is 24.3 Å². The fraction of sp³-hybridized carbons (Fsp3) is 0.879. The Balaban J connectivity index is 5.21. The molecule has 0 aromatic carbocycles. The Morgan fingerprint density at radius 2 is 0.635 bits per heavy atom. The van der Waals surface area contributed by atoms with E-state index >= 15 is 0 Å². The SMILES string of the molecule is CCCCCC/C=C\C=C/CCCCCCCC(=O)O[C@H](COC(=O)CCCCCCCCCCCCCCC(C)C)COP(=O)(O)OC[C@@H](O)COP(=O)(O)OC[C@@H](COC(=O)CCCCCCC)OC(=O)CCCCCCCCCCCC. The van der Waals surface area contributed by atoms with Crippen molar-refractivity contribution < 1.29 is 80.2 Å². The highest BCUT2D eigenvalue weighted by molar-refractivity contribution is 7.47. The van der Waals surface area contributed by atoms with Gasteiger partial charge in [-0.15, -0.1) is 0 Å². The average Bonchev–Trinajstić information content (AvgIpc) is 3.50. The van der Waals surface area contributed by atoms with E-state index in [9.17, 15) is 43.2 Å². The molecule has 0 fully saturated rings. The molecule has 0 amide bonds. The number of ether oxygens (including phenoxy) is 4. The maximum absolute atomic E-state index is 13.0. The summed E-state index contributed by atoms with van der Waals surface area (Å²) in [5.41, 5.74) is 0. The molecule has 5 atom stereocenters. The number of aliphatic hydroxyl groups excluding tert-OH is 1. The molecule has 0 aliphatic rings. The highest BCUT2D eigenvalue weighted by Gasteiger charge is 2.30. The first-order chi connectivity index (χ1) is 41.0. The van der Waals surface area contributed by atoms with Gasteiger partial charge >= 0.3 is 39.5 Å². The van der Waals surface area contributed by atoms with Crippen LogP contribution in [0.5, 0.6) is 0 Å². The monoisotopic (exact) mass is 1250 g/mol. The van der Waals surface area contributed by atoms with Gasteiger partial charge in [0.25, 0.3) is 0 Å². The Kier molecular flexibility index (Phi) is 57.5. The minimum Gasteiger partial charge on any atom is -0.462 e. The molecule has 0 aromatic rings. The molecule has 0 spiro atoms. The summed E-state index contributed by atoms with van der Waals surface area (Å²) in [5, 5.41) is 10.5. The van der Waals surface area contributed by atoms with Crippen molar-refractivity contribution in [3.63, 3.8) is 0 Å². The number of hydrogen-bond donors (Lipinski definition) is 3. The van der Waals surface area contributed by atoms with Crippen LogP contribution in [0, 0.1) is 5.92 Å². The number of allylic oxidation sites excluding steroid dienone is 4. The zero-order chi connectivity index (χ0) is 62.8. The molecule has 0 rings (SSSR count). The van der Waals surface area contributed by atoms with Crippen LogP contribution in [0.1, 0.15) is 311 Å². The lowest BCUT2D eigenvalue weighted by Crippen LogP contribution is -2.30. The largest absolute Gasteiger partial charge is 0.472 e. The average molecular weight is 1250 g/mol. The third-order valence-electron chi connectivity index (χ3n) is 14.7. The second-order valence-corrected chi connectivity index (χ2v) is 26.6. The number of hydrogen-bond acceptors (Lipinski definition) is 15. The molecule has 0 saturated heterocycles. The number of aliphatic hydroxyl groups is 1. The molecule has 19 heteroatoms. The van der Waals surface area contributed by atoms with E-state index in [-0.39, 0.29) is 25.7 Å². The van der Waals surface area contributed by atoms with Crippen LogP contribution in [0.4, 0.5) is 0 Å². The van der Waals surface area contributed by atoms with E-state index in [0.717, 1.165) is 115 Å². The highest BCUT2D eigenvalue weighted by Crippen LogP contribution is 2.45. The lowest BCUT2D eigenvalue weighted by molar-refractivity contribution is -0.161. The first-order valence-corrected chi connectivity index (χ1v) is 36.9. The number of esters is 4. The summed E-state index contributed by atoms with van der Waals surface area (Å²) in [7, 11) is -9.89. The van der Waals surface area contributed by atoms with E-state index in [0.29, 0.717) is 25.7 Å². The normalized spacial score (nSPS) is 14.4. The molecule has 500 valence electrons. The fourth-order valence-corrected chi connectivity index (χ4v) is 11.0. The fourth-order valence-electron chi connectivity index (χ4n) is 9.40. The van der Waals surface area contributed by atoms with E-state index in [4.69, 9.17) is 37.0 Å². The van der Waals surface area contributed by atoms with E-state index < -0.39 is 97.5 Å². The standard InChI is InChI=1S/C66H124O17P2/c1-6-9-12-15-17-19-21-22-23-24-29-33-37-42-47-52-66(71)83-62(56-77-64(69)50-45-40-35-32-28-26-25-27-30-34-39-43-48-59(4)5)58-81-85(74,75)79-54-60(67)53-78-84(72,73)80-57-61(55-76-63(68)49-44-38-14-11-8-3)82-65(70)51-46-41-36-31-20-18-16-13-10-7-2/h19,21-23,59-62,67H,6-18,20,24-58H2,1-5H3,(H,72,73)(H,74,75)/b21-19-,23-22-/t60-,61+,62+/m0/s1. The summed E-state index contributed by atoms with van der Waals surface area (Å²) >= 11 is 0. The summed E-state index contributed by atoms with van der Waals surface area (Å²) < 4.78 is 67.8. The molecule has 0 aliphatic heterocycles. The topological polar surface area (TPSA) is 237 Å². The predicted molar refractivity (Wildman–Crippen MR) is 340 cm³/mol. The van der Waals surface area contributed by atoms with Crippen molar-refractivity contribution in [1.82, 2.24) is 0 Å². The van der Waals surface area contributed by atoms with Crippen LogP contribution in [0.15, 0.2) is 24.3 Å². The molecule has 85 heavy (non-hydrogen) atoms. The van der Waals surface area contributed by atoms with Crippen molar-refractivity contribution in [3.8, 4) is 0 Å². The lowest BCUT2D eigenvalue weighted by Gasteiger charge is -2.21. The van der Waals surface area contributed by atoms with Crippen LogP contribution in [-0.4, -0.2) is 96.7 Å². The van der Waals surface area contributed by atoms with Crippen molar-refractivity contribution in [2.45, 2.75) is 329 Å². The molecule has 0 aliphatic carbocycles. The Hall–Kier alpha value is -2.46. The molecular formula is C66H124O17P2. The molecule has 0 heterocycles. The van der Waals surface area contributed by atoms with Gasteiger partial charge in [-0.25, -0.2) is 9.13 Å². The van der Waals surface area contributed by atoms with Crippen LogP contribution in [0.3, 0.4) is 0 Å². The number of phosphoric acid groups is 2. The Labute approximate surface area is 516 Å². The lowest BCUT2D eigenvalue weighted by atomic mass is 10.0. The number of phosphoric ester groups is 2. The van der Waals surface area contributed by atoms with Gasteiger partial charge in [0.15, 0.2) is 12.2 Å². The second-order valence-electron chi connectivity index (χ2n) is 23.6. The van der Waals surface area contributed by atoms with Crippen molar-refractivity contribution in [2.75, 3.05) is 39.6 Å². The minimum absolute atomic E-state index is 0.0850. The van der Waals surface area contributed by atoms with E-state index in [1.54, 1.807) is 0 Å². The van der Waals surface area contributed by atoms with Crippen LogP contribution in [-0.2, 0) is 65.4 Å². The minimum atomic E-state index is -4.95. The van der Waals surface area contributed by atoms with Crippen LogP contribution in [0.25, 0.3) is 0 Å². The van der Waals surface area contributed by atoms with Crippen LogP contribution < -0.4 is 0 Å². The summed E-state index contributed by atoms with van der Waals surface area (Å²) in [5.74, 6) is -1.39. The molecule has 0 radical (unpaired) electrons. The molecule has 0 aromatic heterocycles. The molecule has 3 N–H and O–H groups in total. The Morgan fingerprint density at radius 1 is 0.365 bits per heavy atom. The molecular weight excluding hydrogens is 1130 g/mol. The maximum Gasteiger partial charge on any atom is 0.472 e. The molecule has 17 nitrogen and oxygen atoms in total. The number of rotatable bonds is 64. The predicted octanol–water partition coefficient (Wildman–Crippen LogP) is 18.1. The van der Waals surface area contributed by atoms with Gasteiger partial charge in [0.05, 0.1) is 26.4 Å². The van der Waals surface area contributed by atoms with Crippen molar-refractivity contribution in [2.24, 2.45) is 5.92 Å². The smallest absolute Gasteiger partial charge is 0.462 e. The zero-order valence-electron chi connectivity index (χ0n) is 54.2. The van der Waals surface area contributed by atoms with Crippen LogP contribution in [0.2, 0.25) is 0 Å². The summed E-state index contributed by atoms with van der Waals surface area (Å²) in [6.45, 7) is 7.06.